The summed E-state index contributed by atoms with van der Waals surface area (Å²) in [6.45, 7) is 4.46. The van der Waals surface area contributed by atoms with Crippen molar-refractivity contribution < 1.29 is 4.79 Å². The molecule has 1 aromatic carbocycles. The summed E-state index contributed by atoms with van der Waals surface area (Å²) in [7, 11) is 0. The first kappa shape index (κ1) is 16.0. The van der Waals surface area contributed by atoms with E-state index in [2.05, 4.69) is 0 Å². The Hall–Kier alpha value is -1.06. The second kappa shape index (κ2) is 7.51. The summed E-state index contributed by atoms with van der Waals surface area (Å²) in [5.74, 6) is 0.804. The Morgan fingerprint density at radius 1 is 1.32 bits per heavy atom. The molecule has 0 radical (unpaired) electrons. The maximum atomic E-state index is 12.4. The molecule has 0 aromatic heterocycles. The molecule has 2 rings (SSSR count). The van der Waals surface area contributed by atoms with Gasteiger partial charge in [0, 0.05) is 13.1 Å². The van der Waals surface area contributed by atoms with Gasteiger partial charge in [0.2, 0.25) is 5.91 Å². The lowest BCUT2D eigenvalue weighted by molar-refractivity contribution is -0.133. The Morgan fingerprint density at radius 3 is 2.42 bits per heavy atom. The number of rotatable bonds is 3. The summed E-state index contributed by atoms with van der Waals surface area (Å²) < 4.78 is 0. The summed E-state index contributed by atoms with van der Waals surface area (Å²) in [5.41, 5.74) is 6.77. The molecule has 1 aliphatic heterocycles. The number of amides is 1. The Morgan fingerprint density at radius 2 is 1.89 bits per heavy atom. The first-order chi connectivity index (χ1) is 8.72. The quantitative estimate of drug-likeness (QED) is 0.925. The fraction of sp³-hybridized carbons (Fsp3) is 0.533. The predicted molar refractivity (Wildman–Crippen MR) is 80.5 cm³/mol. The molecule has 0 spiro atoms. The van der Waals surface area contributed by atoms with Crippen LogP contribution in [0.25, 0.3) is 0 Å². The number of likely N-dealkylation sites (tertiary alicyclic amines) is 1. The Labute approximate surface area is 121 Å². The Kier molecular flexibility index (Phi) is 6.32. The van der Waals surface area contributed by atoms with Crippen molar-refractivity contribution in [2.45, 2.75) is 25.7 Å². The number of nitrogens with two attached hydrogens (primary N) is 1. The van der Waals surface area contributed by atoms with Crippen molar-refractivity contribution in [1.29, 1.82) is 0 Å². The summed E-state index contributed by atoms with van der Waals surface area (Å²) in [4.78, 5) is 14.4. The number of piperidine rings is 1. The van der Waals surface area contributed by atoms with Gasteiger partial charge in [0.1, 0.15) is 0 Å². The van der Waals surface area contributed by atoms with Crippen LogP contribution >= 0.6 is 12.4 Å². The van der Waals surface area contributed by atoms with E-state index in [1.165, 1.54) is 0 Å². The van der Waals surface area contributed by atoms with Crippen LogP contribution in [0.2, 0.25) is 0 Å². The van der Waals surface area contributed by atoms with Gasteiger partial charge in [-0.05, 0) is 37.8 Å². The lowest BCUT2D eigenvalue weighted by Crippen LogP contribution is -2.41. The highest BCUT2D eigenvalue weighted by atomic mass is 35.5. The fourth-order valence-corrected chi connectivity index (χ4v) is 2.55. The molecule has 1 aromatic rings. The van der Waals surface area contributed by atoms with E-state index in [-0.39, 0.29) is 24.2 Å². The first-order valence-corrected chi connectivity index (χ1v) is 6.76. The fourth-order valence-electron chi connectivity index (χ4n) is 2.55. The number of nitrogens with zero attached hydrogens (tertiary/aromatic N) is 1. The monoisotopic (exact) mass is 282 g/mol. The van der Waals surface area contributed by atoms with Gasteiger partial charge in [0.25, 0.3) is 0 Å². The summed E-state index contributed by atoms with van der Waals surface area (Å²) in [6, 6.07) is 10.00. The first-order valence-electron chi connectivity index (χ1n) is 6.76. The molecule has 4 heteroatoms. The molecular weight excluding hydrogens is 260 g/mol. The zero-order chi connectivity index (χ0) is 13.0. The van der Waals surface area contributed by atoms with Crippen LogP contribution < -0.4 is 5.73 Å². The average molecular weight is 283 g/mol. The van der Waals surface area contributed by atoms with E-state index < -0.39 is 0 Å². The summed E-state index contributed by atoms with van der Waals surface area (Å²) >= 11 is 0. The van der Waals surface area contributed by atoms with Crippen molar-refractivity contribution in [2.75, 3.05) is 19.6 Å². The highest BCUT2D eigenvalue weighted by Gasteiger charge is 2.25. The maximum Gasteiger partial charge on any atom is 0.229 e. The molecule has 1 amide bonds. The van der Waals surface area contributed by atoms with Gasteiger partial charge in [0.05, 0.1) is 5.92 Å². The second-order valence-electron chi connectivity index (χ2n) is 5.14. The molecule has 1 atom stereocenters. The molecule has 2 N–H and O–H groups in total. The van der Waals surface area contributed by atoms with Crippen molar-refractivity contribution in [3.05, 3.63) is 35.9 Å². The third kappa shape index (κ3) is 3.95. The van der Waals surface area contributed by atoms with E-state index in [0.717, 1.165) is 38.0 Å². The van der Waals surface area contributed by atoms with Crippen molar-refractivity contribution in [3.63, 3.8) is 0 Å². The van der Waals surface area contributed by atoms with E-state index in [1.54, 1.807) is 0 Å². The molecule has 3 nitrogen and oxygen atoms in total. The minimum atomic E-state index is -0.0411. The van der Waals surface area contributed by atoms with Crippen molar-refractivity contribution in [3.8, 4) is 0 Å². The third-order valence-electron chi connectivity index (χ3n) is 3.93. The maximum absolute atomic E-state index is 12.4. The lowest BCUT2D eigenvalue weighted by atomic mass is 9.94. The number of halogens is 1. The average Bonchev–Trinajstić information content (AvgIpc) is 2.47. The molecule has 1 unspecified atom stereocenters. The van der Waals surface area contributed by atoms with Gasteiger partial charge in [-0.3, -0.25) is 4.79 Å². The van der Waals surface area contributed by atoms with Crippen molar-refractivity contribution >= 4 is 18.3 Å². The molecule has 1 aliphatic rings. The van der Waals surface area contributed by atoms with Crippen LogP contribution in [-0.4, -0.2) is 30.4 Å². The molecule has 1 fully saturated rings. The normalized spacial score (nSPS) is 17.7. The van der Waals surface area contributed by atoms with Gasteiger partial charge in [-0.15, -0.1) is 12.4 Å². The van der Waals surface area contributed by atoms with Gasteiger partial charge in [-0.25, -0.2) is 0 Å². The van der Waals surface area contributed by atoms with Crippen molar-refractivity contribution in [2.24, 2.45) is 11.7 Å². The van der Waals surface area contributed by atoms with Crippen molar-refractivity contribution in [1.82, 2.24) is 4.90 Å². The Balaban J connectivity index is 0.00000180. The summed E-state index contributed by atoms with van der Waals surface area (Å²) in [5, 5.41) is 0. The number of benzene rings is 1. The van der Waals surface area contributed by atoms with E-state index >= 15 is 0 Å². The van der Waals surface area contributed by atoms with Crippen LogP contribution in [0.3, 0.4) is 0 Å². The zero-order valence-corrected chi connectivity index (χ0v) is 12.2. The highest BCUT2D eigenvalue weighted by Crippen LogP contribution is 2.22. The molecule has 19 heavy (non-hydrogen) atoms. The molecular formula is C15H23ClN2O. The third-order valence-corrected chi connectivity index (χ3v) is 3.93. The van der Waals surface area contributed by atoms with Crippen LogP contribution in [0.5, 0.6) is 0 Å². The number of carbonyl (C=O) groups is 1. The largest absolute Gasteiger partial charge is 0.342 e. The minimum absolute atomic E-state index is 0. The number of hydrogen-bond donors (Lipinski definition) is 1. The second-order valence-corrected chi connectivity index (χ2v) is 5.14. The molecule has 106 valence electrons. The van der Waals surface area contributed by atoms with E-state index in [4.69, 9.17) is 5.73 Å². The van der Waals surface area contributed by atoms with Gasteiger partial charge in [0.15, 0.2) is 0 Å². The molecule has 1 saturated heterocycles. The lowest BCUT2D eigenvalue weighted by Gasteiger charge is -2.33. The highest BCUT2D eigenvalue weighted by molar-refractivity contribution is 5.85. The molecule has 0 bridgehead atoms. The van der Waals surface area contributed by atoms with Gasteiger partial charge in [-0.2, -0.15) is 0 Å². The van der Waals surface area contributed by atoms with E-state index in [9.17, 15) is 4.79 Å². The zero-order valence-electron chi connectivity index (χ0n) is 11.4. The smallest absolute Gasteiger partial charge is 0.229 e. The summed E-state index contributed by atoms with van der Waals surface area (Å²) in [6.07, 6.45) is 2.09. The van der Waals surface area contributed by atoms with Crippen LogP contribution in [0.15, 0.2) is 30.3 Å². The molecule has 0 aliphatic carbocycles. The van der Waals surface area contributed by atoms with Gasteiger partial charge >= 0.3 is 0 Å². The number of carbonyl (C=O) groups excluding carboxylic acids is 1. The van der Waals surface area contributed by atoms with E-state index in [0.29, 0.717) is 5.92 Å². The SMILES string of the molecule is CC(C(=O)N1CCC(CN)CC1)c1ccccc1.Cl. The topological polar surface area (TPSA) is 46.3 Å². The van der Waals surface area contributed by atoms with Crippen LogP contribution in [-0.2, 0) is 4.79 Å². The van der Waals surface area contributed by atoms with E-state index in [1.807, 2.05) is 42.2 Å². The van der Waals surface area contributed by atoms with Crippen LogP contribution in [0.4, 0.5) is 0 Å². The van der Waals surface area contributed by atoms with Crippen LogP contribution in [0.1, 0.15) is 31.2 Å². The standard InChI is InChI=1S/C15H22N2O.ClH/c1-12(14-5-3-2-4-6-14)15(18)17-9-7-13(11-16)8-10-17;/h2-6,12-13H,7-11,16H2,1H3;1H. The van der Waals surface area contributed by atoms with Crippen LogP contribution in [0, 0.1) is 5.92 Å². The van der Waals surface area contributed by atoms with Gasteiger partial charge in [-0.1, -0.05) is 30.3 Å². The molecule has 0 saturated carbocycles. The molecule has 1 heterocycles. The predicted octanol–water partition coefficient (Wildman–Crippen LogP) is 2.41. The van der Waals surface area contributed by atoms with Gasteiger partial charge < -0.3 is 10.6 Å². The number of hydrogen-bond acceptors (Lipinski definition) is 2. The Bertz CT molecular complexity index is 388. The minimum Gasteiger partial charge on any atom is -0.342 e.